The Morgan fingerprint density at radius 2 is 1.20 bits per heavy atom. The van der Waals surface area contributed by atoms with Crippen LogP contribution in [0.5, 0.6) is 0 Å². The molecule has 7 rings (SSSR count). The third-order valence-electron chi connectivity index (χ3n) is 8.67. The molecule has 0 bridgehead atoms. The number of aromatic carboxylic acids is 1. The van der Waals surface area contributed by atoms with E-state index in [0.29, 0.717) is 22.7 Å². The van der Waals surface area contributed by atoms with Crippen molar-refractivity contribution in [2.75, 3.05) is 4.31 Å². The molecular formula is C40H31N3O5S. The Balaban J connectivity index is 1.56. The van der Waals surface area contributed by atoms with E-state index in [2.05, 4.69) is 9.97 Å². The van der Waals surface area contributed by atoms with Gasteiger partial charge in [0.05, 0.1) is 34.2 Å². The monoisotopic (exact) mass is 665 g/mol. The zero-order chi connectivity index (χ0) is 33.8. The number of aromatic nitrogens is 2. The minimum atomic E-state index is -4.29. The first-order valence-electron chi connectivity index (χ1n) is 15.6. The molecule has 0 saturated carbocycles. The van der Waals surface area contributed by atoms with E-state index in [1.807, 2.05) is 91.0 Å². The fourth-order valence-electron chi connectivity index (χ4n) is 6.54. The minimum absolute atomic E-state index is 0.115. The number of carboxylic acids is 1. The number of hydrogen-bond acceptors (Lipinski definition) is 5. The zero-order valence-electron chi connectivity index (χ0n) is 26.1. The molecule has 2 aromatic heterocycles. The van der Waals surface area contributed by atoms with Crippen LogP contribution in [0.15, 0.2) is 180 Å². The number of rotatable bonds is 11. The topological polar surface area (TPSA) is 116 Å². The maximum absolute atomic E-state index is 15.3. The maximum Gasteiger partial charge on any atom is 0.371 e. The Kier molecular flexibility index (Phi) is 8.42. The highest BCUT2D eigenvalue weighted by molar-refractivity contribution is 7.92. The van der Waals surface area contributed by atoms with Gasteiger partial charge >= 0.3 is 5.97 Å². The average Bonchev–Trinajstić information content (AvgIpc) is 3.87. The van der Waals surface area contributed by atoms with Gasteiger partial charge in [0, 0.05) is 5.56 Å². The van der Waals surface area contributed by atoms with Gasteiger partial charge in [0.25, 0.3) is 10.0 Å². The number of furan rings is 1. The number of carboxylic acid groups (broad SMARTS) is 1. The predicted molar refractivity (Wildman–Crippen MR) is 188 cm³/mol. The summed E-state index contributed by atoms with van der Waals surface area (Å²) in [6.07, 6.45) is 3.23. The molecule has 49 heavy (non-hydrogen) atoms. The summed E-state index contributed by atoms with van der Waals surface area (Å²) in [7, 11) is -4.29. The van der Waals surface area contributed by atoms with E-state index in [4.69, 9.17) is 4.42 Å². The molecule has 1 unspecified atom stereocenters. The fourth-order valence-corrected chi connectivity index (χ4v) is 8.22. The number of anilines is 1. The van der Waals surface area contributed by atoms with E-state index >= 15 is 8.42 Å². The first-order chi connectivity index (χ1) is 23.9. The molecule has 242 valence electrons. The SMILES string of the molecule is O=C(O)c1ccc(-c2ccc(N(C(c3cnc[nH]3)C(c3ccccc3)(c3ccccc3)c3ccccc3)S(=O)(=O)c3ccccc3)cc2)o1. The van der Waals surface area contributed by atoms with Crippen molar-refractivity contribution in [2.45, 2.75) is 16.4 Å². The molecule has 1 atom stereocenters. The summed E-state index contributed by atoms with van der Waals surface area (Å²) in [6.45, 7) is 0. The van der Waals surface area contributed by atoms with Gasteiger partial charge in [0.1, 0.15) is 11.8 Å². The van der Waals surface area contributed by atoms with Crippen LogP contribution in [0.2, 0.25) is 0 Å². The van der Waals surface area contributed by atoms with Gasteiger partial charge in [0.2, 0.25) is 5.76 Å². The summed E-state index contributed by atoms with van der Waals surface area (Å²) in [6, 6.07) is 47.0. The quantitative estimate of drug-likeness (QED) is 0.134. The molecule has 0 spiro atoms. The van der Waals surface area contributed by atoms with Gasteiger partial charge in [-0.1, -0.05) is 109 Å². The molecule has 0 radical (unpaired) electrons. The lowest BCUT2D eigenvalue weighted by atomic mass is 9.63. The molecule has 0 aliphatic carbocycles. The summed E-state index contributed by atoms with van der Waals surface area (Å²) in [5.41, 5.74) is 3.03. The van der Waals surface area contributed by atoms with Crippen molar-refractivity contribution < 1.29 is 22.7 Å². The molecule has 8 nitrogen and oxygen atoms in total. The van der Waals surface area contributed by atoms with Crippen molar-refractivity contribution in [3.8, 4) is 11.3 Å². The molecule has 2 N–H and O–H groups in total. The minimum Gasteiger partial charge on any atom is -0.475 e. The molecule has 0 saturated heterocycles. The van der Waals surface area contributed by atoms with Crippen LogP contribution in [0.4, 0.5) is 5.69 Å². The van der Waals surface area contributed by atoms with Gasteiger partial charge in [-0.25, -0.2) is 18.2 Å². The van der Waals surface area contributed by atoms with Gasteiger partial charge in [-0.3, -0.25) is 4.31 Å². The second kappa shape index (κ2) is 13.1. The van der Waals surface area contributed by atoms with Crippen LogP contribution < -0.4 is 4.31 Å². The summed E-state index contributed by atoms with van der Waals surface area (Å²) < 4.78 is 37.5. The summed E-state index contributed by atoms with van der Waals surface area (Å²) in [5.74, 6) is -1.02. The molecule has 0 amide bonds. The lowest BCUT2D eigenvalue weighted by molar-refractivity contribution is 0.0663. The van der Waals surface area contributed by atoms with Crippen LogP contribution in [0.3, 0.4) is 0 Å². The third-order valence-corrected chi connectivity index (χ3v) is 10.5. The number of H-pyrrole nitrogens is 1. The lowest BCUT2D eigenvalue weighted by Gasteiger charge is -2.47. The Bertz CT molecular complexity index is 2160. The Morgan fingerprint density at radius 3 is 1.65 bits per heavy atom. The molecule has 0 aliphatic rings. The van der Waals surface area contributed by atoms with Crippen LogP contribution in [-0.4, -0.2) is 29.5 Å². The smallest absolute Gasteiger partial charge is 0.371 e. The van der Waals surface area contributed by atoms with Gasteiger partial charge in [0.15, 0.2) is 0 Å². The summed E-state index contributed by atoms with van der Waals surface area (Å²) >= 11 is 0. The number of hydrogen-bond donors (Lipinski definition) is 2. The van der Waals surface area contributed by atoms with Crippen molar-refractivity contribution in [3.05, 3.63) is 198 Å². The fraction of sp³-hybridized carbons (Fsp3) is 0.0500. The Labute approximate surface area is 284 Å². The number of carbonyl (C=O) groups is 1. The molecule has 0 aliphatic heterocycles. The average molecular weight is 666 g/mol. The predicted octanol–water partition coefficient (Wildman–Crippen LogP) is 8.34. The van der Waals surface area contributed by atoms with Gasteiger partial charge in [-0.15, -0.1) is 0 Å². The van der Waals surface area contributed by atoms with Gasteiger partial charge < -0.3 is 14.5 Å². The van der Waals surface area contributed by atoms with Crippen LogP contribution in [-0.2, 0) is 15.4 Å². The number of nitrogens with one attached hydrogen (secondary N) is 1. The van der Waals surface area contributed by atoms with Crippen LogP contribution in [0, 0.1) is 0 Å². The van der Waals surface area contributed by atoms with E-state index in [1.165, 1.54) is 10.4 Å². The number of imidazole rings is 1. The first-order valence-corrected chi connectivity index (χ1v) is 17.0. The second-order valence-corrected chi connectivity index (χ2v) is 13.3. The molecular weight excluding hydrogens is 635 g/mol. The van der Waals surface area contributed by atoms with E-state index in [1.54, 1.807) is 73.2 Å². The van der Waals surface area contributed by atoms with Crippen LogP contribution >= 0.6 is 0 Å². The third kappa shape index (κ3) is 5.70. The van der Waals surface area contributed by atoms with Crippen molar-refractivity contribution >= 4 is 21.7 Å². The van der Waals surface area contributed by atoms with Crippen molar-refractivity contribution in [1.82, 2.24) is 9.97 Å². The van der Waals surface area contributed by atoms with E-state index in [9.17, 15) is 9.90 Å². The summed E-state index contributed by atoms with van der Waals surface area (Å²) in [5, 5.41) is 9.39. The highest BCUT2D eigenvalue weighted by Gasteiger charge is 2.51. The number of aromatic amines is 1. The highest BCUT2D eigenvalue weighted by atomic mass is 32.2. The van der Waals surface area contributed by atoms with Crippen molar-refractivity contribution in [1.29, 1.82) is 0 Å². The van der Waals surface area contributed by atoms with Crippen molar-refractivity contribution in [2.24, 2.45) is 0 Å². The molecule has 2 heterocycles. The molecule has 7 aromatic rings. The van der Waals surface area contributed by atoms with Crippen LogP contribution in [0.1, 0.15) is 39.0 Å². The number of nitrogens with zero attached hydrogens (tertiary/aromatic N) is 2. The maximum atomic E-state index is 15.3. The molecule has 5 aromatic carbocycles. The first kappa shape index (κ1) is 31.4. The number of sulfonamides is 1. The van der Waals surface area contributed by atoms with E-state index < -0.39 is 27.4 Å². The standard InChI is InChI=1S/C40H31N3O5S/c44-39(45)37-26-25-36(48-37)29-21-23-33(24-22-29)43(49(46,47)34-19-11-4-12-20-34)38(35-27-41-28-42-35)40(30-13-5-1-6-14-30,31-15-7-2-8-16-31)32-17-9-3-10-18-32/h1-28,38H,(H,41,42)(H,44,45). The normalized spacial score (nSPS) is 12.3. The number of benzene rings is 5. The molecule has 0 fully saturated rings. The lowest BCUT2D eigenvalue weighted by Crippen LogP contribution is -2.48. The van der Waals surface area contributed by atoms with E-state index in [-0.39, 0.29) is 10.7 Å². The zero-order valence-corrected chi connectivity index (χ0v) is 26.9. The van der Waals surface area contributed by atoms with Gasteiger partial charge in [-0.2, -0.15) is 0 Å². The summed E-state index contributed by atoms with van der Waals surface area (Å²) in [4.78, 5) is 19.3. The highest BCUT2D eigenvalue weighted by Crippen LogP contribution is 2.53. The van der Waals surface area contributed by atoms with Crippen molar-refractivity contribution in [3.63, 3.8) is 0 Å². The Morgan fingerprint density at radius 1 is 0.694 bits per heavy atom. The largest absolute Gasteiger partial charge is 0.475 e. The van der Waals surface area contributed by atoms with Gasteiger partial charge in [-0.05, 0) is 65.2 Å². The van der Waals surface area contributed by atoms with Crippen LogP contribution in [0.25, 0.3) is 11.3 Å². The second-order valence-electron chi connectivity index (χ2n) is 11.4. The Hall–Kier alpha value is -6.19. The van der Waals surface area contributed by atoms with E-state index in [0.717, 1.165) is 16.7 Å². The molecule has 9 heteroatoms.